The second kappa shape index (κ2) is 8.91. The van der Waals surface area contributed by atoms with Gasteiger partial charge in [0.2, 0.25) is 0 Å². The highest BCUT2D eigenvalue weighted by Crippen LogP contribution is 2.27. The minimum Gasteiger partial charge on any atom is -0.491 e. The molecular formula is C18H26O4. The fourth-order valence-corrected chi connectivity index (χ4v) is 2.84. The second-order valence-electron chi connectivity index (χ2n) is 5.70. The zero-order chi connectivity index (χ0) is 15.8. The van der Waals surface area contributed by atoms with Gasteiger partial charge in [0.25, 0.3) is 0 Å². The Bertz CT molecular complexity index is 436. The molecule has 0 saturated heterocycles. The maximum Gasteiger partial charge on any atom is 0.155 e. The number of ketones is 1. The normalized spacial score (nSPS) is 18.9. The van der Waals surface area contributed by atoms with Crippen molar-refractivity contribution in [2.24, 2.45) is 5.92 Å². The van der Waals surface area contributed by atoms with E-state index in [4.69, 9.17) is 14.2 Å². The molecule has 1 aliphatic rings. The molecule has 1 saturated carbocycles. The Morgan fingerprint density at radius 2 is 1.86 bits per heavy atom. The van der Waals surface area contributed by atoms with Crippen LogP contribution in [-0.2, 0) is 14.3 Å². The predicted octanol–water partition coefficient (Wildman–Crippen LogP) is 3.59. The summed E-state index contributed by atoms with van der Waals surface area (Å²) in [6.07, 6.45) is 2.75. The van der Waals surface area contributed by atoms with E-state index in [-0.39, 0.29) is 12.4 Å². The van der Waals surface area contributed by atoms with Gasteiger partial charge in [0.1, 0.15) is 18.1 Å². The average Bonchev–Trinajstić information content (AvgIpc) is 2.53. The largest absolute Gasteiger partial charge is 0.491 e. The van der Waals surface area contributed by atoms with Gasteiger partial charge in [-0.25, -0.2) is 0 Å². The third-order valence-corrected chi connectivity index (χ3v) is 4.04. The number of para-hydroxylation sites is 1. The fraction of sp³-hybridized carbons (Fsp3) is 0.611. The van der Waals surface area contributed by atoms with Crippen molar-refractivity contribution >= 4 is 5.78 Å². The summed E-state index contributed by atoms with van der Waals surface area (Å²) in [6, 6.07) is 9.74. The van der Waals surface area contributed by atoms with Crippen LogP contribution in [0.5, 0.6) is 5.75 Å². The van der Waals surface area contributed by atoms with Crippen molar-refractivity contribution in [3.05, 3.63) is 30.3 Å². The van der Waals surface area contributed by atoms with Gasteiger partial charge in [-0.2, -0.15) is 0 Å². The fourth-order valence-electron chi connectivity index (χ4n) is 2.84. The highest BCUT2D eigenvalue weighted by molar-refractivity contribution is 5.79. The Kier molecular flexibility index (Phi) is 6.87. The van der Waals surface area contributed by atoms with Gasteiger partial charge in [0.15, 0.2) is 6.29 Å². The monoisotopic (exact) mass is 306 g/mol. The molecule has 0 heterocycles. The van der Waals surface area contributed by atoms with Gasteiger partial charge in [-0.3, -0.25) is 4.79 Å². The molecule has 0 bridgehead atoms. The van der Waals surface area contributed by atoms with Crippen LogP contribution in [0.25, 0.3) is 0 Å². The molecular weight excluding hydrogens is 280 g/mol. The molecule has 0 amide bonds. The number of carbonyl (C=O) groups excluding carboxylic acids is 1. The van der Waals surface area contributed by atoms with Gasteiger partial charge < -0.3 is 14.2 Å². The zero-order valence-corrected chi connectivity index (χ0v) is 13.5. The number of hydrogen-bond donors (Lipinski definition) is 0. The van der Waals surface area contributed by atoms with E-state index in [9.17, 15) is 4.79 Å². The van der Waals surface area contributed by atoms with E-state index < -0.39 is 0 Å². The van der Waals surface area contributed by atoms with E-state index in [1.807, 2.05) is 44.2 Å². The van der Waals surface area contributed by atoms with Crippen molar-refractivity contribution < 1.29 is 19.0 Å². The Morgan fingerprint density at radius 1 is 1.18 bits per heavy atom. The Balaban J connectivity index is 1.93. The molecule has 2 unspecified atom stereocenters. The van der Waals surface area contributed by atoms with Crippen LogP contribution in [0.4, 0.5) is 0 Å². The van der Waals surface area contributed by atoms with Crippen molar-refractivity contribution in [3.8, 4) is 5.75 Å². The summed E-state index contributed by atoms with van der Waals surface area (Å²) < 4.78 is 17.4. The summed E-state index contributed by atoms with van der Waals surface area (Å²) in [4.78, 5) is 11.4. The molecule has 4 nitrogen and oxygen atoms in total. The molecule has 1 aromatic rings. The second-order valence-corrected chi connectivity index (χ2v) is 5.70. The average molecular weight is 306 g/mol. The number of hydrogen-bond acceptors (Lipinski definition) is 4. The number of Topliss-reactive ketones (excluding diaryl/α,β-unsaturated/α-hetero) is 1. The Morgan fingerprint density at radius 3 is 2.50 bits per heavy atom. The number of carbonyl (C=O) groups is 1. The zero-order valence-electron chi connectivity index (χ0n) is 13.5. The van der Waals surface area contributed by atoms with Crippen molar-refractivity contribution in [2.75, 3.05) is 13.2 Å². The molecule has 0 spiro atoms. The molecule has 1 fully saturated rings. The molecule has 0 aromatic heterocycles. The minimum absolute atomic E-state index is 0.0464. The van der Waals surface area contributed by atoms with Crippen LogP contribution in [-0.4, -0.2) is 31.4 Å². The van der Waals surface area contributed by atoms with Crippen molar-refractivity contribution in [2.45, 2.75) is 51.9 Å². The van der Waals surface area contributed by atoms with Crippen molar-refractivity contribution in [1.82, 2.24) is 0 Å². The SMILES string of the molecule is CCOC(C)OC(COc1ccccc1)C1CCC(=O)CC1. The highest BCUT2D eigenvalue weighted by Gasteiger charge is 2.29. The van der Waals surface area contributed by atoms with Crippen LogP contribution >= 0.6 is 0 Å². The van der Waals surface area contributed by atoms with E-state index in [1.165, 1.54) is 0 Å². The lowest BCUT2D eigenvalue weighted by molar-refractivity contribution is -0.179. The summed E-state index contributed by atoms with van der Waals surface area (Å²) >= 11 is 0. The molecule has 2 atom stereocenters. The molecule has 1 aliphatic carbocycles. The van der Waals surface area contributed by atoms with Crippen LogP contribution in [0.15, 0.2) is 30.3 Å². The van der Waals surface area contributed by atoms with E-state index in [1.54, 1.807) is 0 Å². The third-order valence-electron chi connectivity index (χ3n) is 4.04. The maximum absolute atomic E-state index is 11.4. The molecule has 0 radical (unpaired) electrons. The third kappa shape index (κ3) is 5.43. The first kappa shape index (κ1) is 17.0. The van der Waals surface area contributed by atoms with Crippen molar-refractivity contribution in [1.29, 1.82) is 0 Å². The molecule has 4 heteroatoms. The van der Waals surface area contributed by atoms with Crippen LogP contribution < -0.4 is 4.74 Å². The topological polar surface area (TPSA) is 44.8 Å². The van der Waals surface area contributed by atoms with E-state index in [0.717, 1.165) is 18.6 Å². The predicted molar refractivity (Wildman–Crippen MR) is 84.9 cm³/mol. The first-order chi connectivity index (χ1) is 10.7. The first-order valence-corrected chi connectivity index (χ1v) is 8.15. The standard InChI is InChI=1S/C18H26O4/c1-3-20-14(2)22-18(15-9-11-16(19)12-10-15)13-21-17-7-5-4-6-8-17/h4-8,14-15,18H,3,9-13H2,1-2H3. The summed E-state index contributed by atoms with van der Waals surface area (Å²) in [5, 5.41) is 0. The minimum atomic E-state index is -0.257. The smallest absolute Gasteiger partial charge is 0.155 e. The van der Waals surface area contributed by atoms with Gasteiger partial charge in [-0.05, 0) is 44.7 Å². The summed E-state index contributed by atoms with van der Waals surface area (Å²) in [5.74, 6) is 1.55. The van der Waals surface area contributed by atoms with Gasteiger partial charge in [0.05, 0.1) is 6.10 Å². The lowest BCUT2D eigenvalue weighted by Gasteiger charge is -2.31. The van der Waals surface area contributed by atoms with E-state index in [0.29, 0.717) is 37.8 Å². The van der Waals surface area contributed by atoms with Crippen LogP contribution in [0, 0.1) is 5.92 Å². The summed E-state index contributed by atoms with van der Waals surface area (Å²) in [7, 11) is 0. The van der Waals surface area contributed by atoms with Gasteiger partial charge in [-0.1, -0.05) is 18.2 Å². The number of rotatable bonds is 8. The Labute approximate surface area is 132 Å². The lowest BCUT2D eigenvalue weighted by atomic mass is 9.84. The van der Waals surface area contributed by atoms with Crippen LogP contribution in [0.3, 0.4) is 0 Å². The molecule has 0 N–H and O–H groups in total. The van der Waals surface area contributed by atoms with E-state index in [2.05, 4.69) is 0 Å². The molecule has 22 heavy (non-hydrogen) atoms. The molecule has 0 aliphatic heterocycles. The van der Waals surface area contributed by atoms with Crippen LogP contribution in [0.1, 0.15) is 39.5 Å². The molecule has 1 aromatic carbocycles. The first-order valence-electron chi connectivity index (χ1n) is 8.15. The highest BCUT2D eigenvalue weighted by atomic mass is 16.7. The Hall–Kier alpha value is -1.39. The number of benzene rings is 1. The molecule has 2 rings (SSSR count). The maximum atomic E-state index is 11.4. The number of ether oxygens (including phenoxy) is 3. The van der Waals surface area contributed by atoms with Gasteiger partial charge >= 0.3 is 0 Å². The lowest BCUT2D eigenvalue weighted by Crippen LogP contribution is -2.36. The summed E-state index contributed by atoms with van der Waals surface area (Å²) in [5.41, 5.74) is 0. The van der Waals surface area contributed by atoms with Gasteiger partial charge in [0, 0.05) is 19.4 Å². The van der Waals surface area contributed by atoms with E-state index >= 15 is 0 Å². The van der Waals surface area contributed by atoms with Gasteiger partial charge in [-0.15, -0.1) is 0 Å². The quantitative estimate of drug-likeness (QED) is 0.688. The molecule has 122 valence electrons. The van der Waals surface area contributed by atoms with Crippen molar-refractivity contribution in [3.63, 3.8) is 0 Å². The van der Waals surface area contributed by atoms with Crippen LogP contribution in [0.2, 0.25) is 0 Å². The summed E-state index contributed by atoms with van der Waals surface area (Å²) in [6.45, 7) is 4.97.